The molecule has 2 amide bonds. The molecule has 1 saturated heterocycles. The van der Waals surface area contributed by atoms with E-state index in [4.69, 9.17) is 4.98 Å². The number of thiazole rings is 1. The van der Waals surface area contributed by atoms with Crippen molar-refractivity contribution in [1.82, 2.24) is 14.8 Å². The number of hydrogen-bond donors (Lipinski definition) is 0. The summed E-state index contributed by atoms with van der Waals surface area (Å²) in [6.07, 6.45) is 5.94. The molecule has 5 nitrogen and oxygen atoms in total. The van der Waals surface area contributed by atoms with E-state index < -0.39 is 0 Å². The third-order valence-corrected chi connectivity index (χ3v) is 7.14. The third-order valence-electron chi connectivity index (χ3n) is 6.01. The molecule has 3 aromatic rings. The highest BCUT2D eigenvalue weighted by molar-refractivity contribution is 7.18. The summed E-state index contributed by atoms with van der Waals surface area (Å²) in [4.78, 5) is 34.1. The summed E-state index contributed by atoms with van der Waals surface area (Å²) in [6, 6.07) is 15.9. The molecule has 0 N–H and O–H groups in total. The number of hydrogen-bond acceptors (Lipinski definition) is 4. The van der Waals surface area contributed by atoms with Crippen molar-refractivity contribution in [3.05, 3.63) is 70.9 Å². The van der Waals surface area contributed by atoms with Crippen LogP contribution in [0.1, 0.15) is 54.4 Å². The van der Waals surface area contributed by atoms with Crippen molar-refractivity contribution in [2.75, 3.05) is 6.54 Å². The molecule has 2 atom stereocenters. The first-order valence-corrected chi connectivity index (χ1v) is 11.1. The summed E-state index contributed by atoms with van der Waals surface area (Å²) in [6.45, 7) is 2.29. The second-order valence-corrected chi connectivity index (χ2v) is 8.92. The highest BCUT2D eigenvalue weighted by Gasteiger charge is 2.35. The van der Waals surface area contributed by atoms with E-state index in [-0.39, 0.29) is 30.3 Å². The van der Waals surface area contributed by atoms with E-state index in [0.717, 1.165) is 45.7 Å². The van der Waals surface area contributed by atoms with Crippen molar-refractivity contribution < 1.29 is 9.59 Å². The number of fused-ring (bicyclic) bond motifs is 2. The fourth-order valence-corrected chi connectivity index (χ4v) is 5.67. The molecule has 152 valence electrons. The van der Waals surface area contributed by atoms with Crippen molar-refractivity contribution >= 4 is 39.4 Å². The molecule has 0 saturated carbocycles. The predicted octanol–water partition coefficient (Wildman–Crippen LogP) is 4.92. The summed E-state index contributed by atoms with van der Waals surface area (Å²) in [5, 5.41) is 1.01. The lowest BCUT2D eigenvalue weighted by Gasteiger charge is -2.34. The molecule has 1 fully saturated rings. The van der Waals surface area contributed by atoms with Gasteiger partial charge in [-0.15, -0.1) is 11.3 Å². The molecule has 0 radical (unpaired) electrons. The molecule has 0 bridgehead atoms. The standard InChI is InChI=1S/C24H23N3O2S/c1-16(28)26-14-12-17-7-2-3-8-18(17)21(26)15-23(29)27-13-6-10-20(27)24-25-19-9-4-5-11-22(19)30-24/h2-5,7-9,11-12,14,20-21H,6,10,13,15H2,1H3/t20-,21+/m0/s1. The van der Waals surface area contributed by atoms with Crippen molar-refractivity contribution in [2.45, 2.75) is 38.3 Å². The van der Waals surface area contributed by atoms with Gasteiger partial charge in [0.05, 0.1) is 28.7 Å². The minimum Gasteiger partial charge on any atom is -0.333 e. The fraction of sp³-hybridized carbons (Fsp3) is 0.292. The molecule has 3 heterocycles. The van der Waals surface area contributed by atoms with Gasteiger partial charge in [-0.1, -0.05) is 36.4 Å². The van der Waals surface area contributed by atoms with E-state index in [1.54, 1.807) is 29.4 Å². The topological polar surface area (TPSA) is 53.5 Å². The molecule has 6 heteroatoms. The first kappa shape index (κ1) is 19.0. The van der Waals surface area contributed by atoms with E-state index in [9.17, 15) is 9.59 Å². The number of carbonyl (C=O) groups excluding carboxylic acids is 2. The van der Waals surface area contributed by atoms with Crippen LogP contribution < -0.4 is 0 Å². The summed E-state index contributed by atoms with van der Waals surface area (Å²) in [5.41, 5.74) is 3.09. The third kappa shape index (κ3) is 3.31. The Labute approximate surface area is 179 Å². The number of rotatable bonds is 3. The molecule has 0 aliphatic carbocycles. The van der Waals surface area contributed by atoms with Crippen LogP contribution in [0.25, 0.3) is 16.3 Å². The number of nitrogens with zero attached hydrogens (tertiary/aromatic N) is 3. The van der Waals surface area contributed by atoms with Crippen molar-refractivity contribution in [3.8, 4) is 0 Å². The molecule has 0 unspecified atom stereocenters. The summed E-state index contributed by atoms with van der Waals surface area (Å²) in [5.74, 6) is 0.0285. The van der Waals surface area contributed by atoms with Crippen LogP contribution in [0.5, 0.6) is 0 Å². The minimum absolute atomic E-state index is 0.0232. The lowest BCUT2D eigenvalue weighted by atomic mass is 9.93. The second-order valence-electron chi connectivity index (χ2n) is 7.86. The normalized spacial score (nSPS) is 20.6. The van der Waals surface area contributed by atoms with Gasteiger partial charge in [0.1, 0.15) is 5.01 Å². The van der Waals surface area contributed by atoms with Crippen LogP contribution in [0.2, 0.25) is 0 Å². The van der Waals surface area contributed by atoms with Gasteiger partial charge in [-0.2, -0.15) is 0 Å². The quantitative estimate of drug-likeness (QED) is 0.608. The van der Waals surface area contributed by atoms with E-state index in [1.165, 1.54) is 0 Å². The molecule has 0 spiro atoms. The number of benzene rings is 2. The fourth-order valence-electron chi connectivity index (χ4n) is 4.55. The average Bonchev–Trinajstić information content (AvgIpc) is 3.40. The minimum atomic E-state index is -0.271. The van der Waals surface area contributed by atoms with Crippen LogP contribution in [-0.4, -0.2) is 33.1 Å². The van der Waals surface area contributed by atoms with Crippen molar-refractivity contribution in [3.63, 3.8) is 0 Å². The highest BCUT2D eigenvalue weighted by Crippen LogP contribution is 2.39. The van der Waals surface area contributed by atoms with E-state index in [1.807, 2.05) is 53.4 Å². The number of likely N-dealkylation sites (tertiary alicyclic amines) is 1. The van der Waals surface area contributed by atoms with Crippen LogP contribution in [0.4, 0.5) is 0 Å². The van der Waals surface area contributed by atoms with Crippen LogP contribution >= 0.6 is 11.3 Å². The van der Waals surface area contributed by atoms with Gasteiger partial charge < -0.3 is 9.80 Å². The Morgan fingerprint density at radius 1 is 1.13 bits per heavy atom. The zero-order chi connectivity index (χ0) is 20.7. The summed E-state index contributed by atoms with van der Waals surface area (Å²) in [7, 11) is 0. The largest absolute Gasteiger partial charge is 0.333 e. The van der Waals surface area contributed by atoms with Crippen LogP contribution in [0.15, 0.2) is 54.7 Å². The van der Waals surface area contributed by atoms with E-state index >= 15 is 0 Å². The Balaban J connectivity index is 1.42. The first-order valence-electron chi connectivity index (χ1n) is 10.3. The van der Waals surface area contributed by atoms with E-state index in [0.29, 0.717) is 0 Å². The predicted molar refractivity (Wildman–Crippen MR) is 119 cm³/mol. The Morgan fingerprint density at radius 2 is 1.93 bits per heavy atom. The van der Waals surface area contributed by atoms with Gasteiger partial charge in [-0.05, 0) is 42.2 Å². The average molecular weight is 418 g/mol. The number of para-hydroxylation sites is 1. The van der Waals surface area contributed by atoms with E-state index in [2.05, 4.69) is 6.07 Å². The molecule has 2 aliphatic heterocycles. The molecule has 1 aromatic heterocycles. The van der Waals surface area contributed by atoms with Gasteiger partial charge in [0.2, 0.25) is 11.8 Å². The number of amides is 2. The Bertz CT molecular complexity index is 1120. The summed E-state index contributed by atoms with van der Waals surface area (Å²) >= 11 is 1.68. The van der Waals surface area contributed by atoms with Crippen LogP contribution in [0, 0.1) is 0 Å². The van der Waals surface area contributed by atoms with Gasteiger partial charge in [0.25, 0.3) is 0 Å². The zero-order valence-corrected chi connectivity index (χ0v) is 17.6. The van der Waals surface area contributed by atoms with Gasteiger partial charge in [-0.25, -0.2) is 4.98 Å². The number of carbonyl (C=O) groups is 2. The molecular weight excluding hydrogens is 394 g/mol. The van der Waals surface area contributed by atoms with Crippen molar-refractivity contribution in [1.29, 1.82) is 0 Å². The maximum Gasteiger partial charge on any atom is 0.225 e. The lowest BCUT2D eigenvalue weighted by molar-refractivity contribution is -0.135. The van der Waals surface area contributed by atoms with Gasteiger partial charge in [0, 0.05) is 19.7 Å². The highest BCUT2D eigenvalue weighted by atomic mass is 32.1. The first-order chi connectivity index (χ1) is 14.6. The molecule has 2 aliphatic rings. The smallest absolute Gasteiger partial charge is 0.225 e. The second kappa shape index (κ2) is 7.69. The van der Waals surface area contributed by atoms with Gasteiger partial charge >= 0.3 is 0 Å². The maximum absolute atomic E-state index is 13.4. The SMILES string of the molecule is CC(=O)N1C=Cc2ccccc2[C@H]1CC(=O)N1CCC[C@H]1c1nc2ccccc2s1. The summed E-state index contributed by atoms with van der Waals surface area (Å²) < 4.78 is 1.15. The maximum atomic E-state index is 13.4. The van der Waals surface area contributed by atoms with Crippen LogP contribution in [0.3, 0.4) is 0 Å². The molecule has 30 heavy (non-hydrogen) atoms. The number of aromatic nitrogens is 1. The lowest BCUT2D eigenvalue weighted by Crippen LogP contribution is -2.37. The van der Waals surface area contributed by atoms with Gasteiger partial charge in [-0.3, -0.25) is 9.59 Å². The van der Waals surface area contributed by atoms with Gasteiger partial charge in [0.15, 0.2) is 0 Å². The van der Waals surface area contributed by atoms with Crippen LogP contribution in [-0.2, 0) is 9.59 Å². The monoisotopic (exact) mass is 417 g/mol. The molecular formula is C24H23N3O2S. The Kier molecular flexibility index (Phi) is 4.87. The zero-order valence-electron chi connectivity index (χ0n) is 16.8. The Hall–Kier alpha value is -2.99. The molecule has 2 aromatic carbocycles. The molecule has 5 rings (SSSR count). The van der Waals surface area contributed by atoms with Crippen molar-refractivity contribution in [2.24, 2.45) is 0 Å². The Morgan fingerprint density at radius 3 is 2.77 bits per heavy atom.